The zero-order valence-corrected chi connectivity index (χ0v) is 21.2. The molecule has 2 fully saturated rings. The van der Waals surface area contributed by atoms with E-state index in [0.717, 1.165) is 54.2 Å². The molecule has 4 rings (SSSR count). The average molecular weight is 467 g/mol. The fourth-order valence-corrected chi connectivity index (χ4v) is 6.55. The lowest BCUT2D eigenvalue weighted by Crippen LogP contribution is -2.14. The molecule has 0 saturated heterocycles. The summed E-state index contributed by atoms with van der Waals surface area (Å²) in [5, 5.41) is 0. The molecule has 0 unspecified atom stereocenters. The standard InChI is InChI=1S/C32H44F2/c1-2-3-6-24-10-14-29(15-11-24)31-21-20-30(23-32(31)34)28-18-16-27(17-19-28)26-12-8-25(9-13-26)7-4-5-22-33/h16-21,23-26,29H,2-15,22H2,1H3/t24-,25-,26-,29-. The second kappa shape index (κ2) is 12.8. The first-order chi connectivity index (χ1) is 16.7. The first-order valence-corrected chi connectivity index (χ1v) is 14.1. The minimum atomic E-state index is -0.172. The highest BCUT2D eigenvalue weighted by Gasteiger charge is 2.25. The Labute approximate surface area is 206 Å². The Hall–Kier alpha value is -1.70. The van der Waals surface area contributed by atoms with Crippen molar-refractivity contribution in [2.75, 3.05) is 6.67 Å². The zero-order valence-electron chi connectivity index (χ0n) is 21.2. The second-order valence-electron chi connectivity index (χ2n) is 11.1. The van der Waals surface area contributed by atoms with Crippen LogP contribution in [0.3, 0.4) is 0 Å². The van der Waals surface area contributed by atoms with E-state index < -0.39 is 0 Å². The number of hydrogen-bond donors (Lipinski definition) is 0. The molecule has 2 heteroatoms. The summed E-state index contributed by atoms with van der Waals surface area (Å²) in [6.45, 7) is 2.09. The highest BCUT2D eigenvalue weighted by atomic mass is 19.1. The zero-order chi connectivity index (χ0) is 23.8. The number of halogens is 2. The third-order valence-corrected chi connectivity index (χ3v) is 8.81. The maximum Gasteiger partial charge on any atom is 0.127 e. The van der Waals surface area contributed by atoms with Crippen LogP contribution in [0.1, 0.15) is 120 Å². The summed E-state index contributed by atoms with van der Waals surface area (Å²) < 4.78 is 27.5. The minimum Gasteiger partial charge on any atom is -0.251 e. The number of benzene rings is 2. The fraction of sp³-hybridized carbons (Fsp3) is 0.625. The first-order valence-electron chi connectivity index (χ1n) is 14.1. The lowest BCUT2D eigenvalue weighted by molar-refractivity contribution is 0.298. The van der Waals surface area contributed by atoms with Crippen LogP contribution in [0.5, 0.6) is 0 Å². The van der Waals surface area contributed by atoms with Crippen LogP contribution < -0.4 is 0 Å². The van der Waals surface area contributed by atoms with Crippen LogP contribution in [-0.2, 0) is 0 Å². The molecule has 0 bridgehead atoms. The van der Waals surface area contributed by atoms with Gasteiger partial charge in [-0.15, -0.1) is 0 Å². The molecular weight excluding hydrogens is 422 g/mol. The molecule has 0 nitrogen and oxygen atoms in total. The maximum absolute atomic E-state index is 15.1. The third-order valence-electron chi connectivity index (χ3n) is 8.81. The molecule has 0 atom stereocenters. The van der Waals surface area contributed by atoms with Crippen LogP contribution in [0.15, 0.2) is 42.5 Å². The molecule has 2 aliphatic rings. The Morgan fingerprint density at radius 3 is 1.85 bits per heavy atom. The van der Waals surface area contributed by atoms with Crippen molar-refractivity contribution in [3.8, 4) is 11.1 Å². The smallest absolute Gasteiger partial charge is 0.127 e. The van der Waals surface area contributed by atoms with Gasteiger partial charge in [-0.05, 0) is 110 Å². The highest BCUT2D eigenvalue weighted by molar-refractivity contribution is 5.64. The van der Waals surface area contributed by atoms with E-state index in [0.29, 0.717) is 11.8 Å². The maximum atomic E-state index is 15.1. The monoisotopic (exact) mass is 466 g/mol. The van der Waals surface area contributed by atoms with Crippen LogP contribution in [0, 0.1) is 17.7 Å². The van der Waals surface area contributed by atoms with Crippen molar-refractivity contribution in [3.63, 3.8) is 0 Å². The molecule has 34 heavy (non-hydrogen) atoms. The van der Waals surface area contributed by atoms with Gasteiger partial charge in [0.25, 0.3) is 0 Å². The molecule has 0 spiro atoms. The van der Waals surface area contributed by atoms with Crippen molar-refractivity contribution in [1.29, 1.82) is 0 Å². The van der Waals surface area contributed by atoms with Gasteiger partial charge in [-0.1, -0.05) is 75.4 Å². The Balaban J connectivity index is 1.31. The van der Waals surface area contributed by atoms with E-state index >= 15 is 4.39 Å². The van der Waals surface area contributed by atoms with E-state index in [1.54, 1.807) is 6.07 Å². The van der Waals surface area contributed by atoms with Crippen molar-refractivity contribution >= 4 is 0 Å². The summed E-state index contributed by atoms with van der Waals surface area (Å²) in [5.74, 6) is 2.65. The van der Waals surface area contributed by atoms with Crippen LogP contribution in [-0.4, -0.2) is 6.67 Å². The quantitative estimate of drug-likeness (QED) is 0.305. The first kappa shape index (κ1) is 25.4. The predicted octanol–water partition coefficient (Wildman–Crippen LogP) is 10.4. The van der Waals surface area contributed by atoms with E-state index in [-0.39, 0.29) is 12.5 Å². The van der Waals surface area contributed by atoms with E-state index in [4.69, 9.17) is 0 Å². The molecule has 2 saturated carbocycles. The van der Waals surface area contributed by atoms with Gasteiger partial charge >= 0.3 is 0 Å². The lowest BCUT2D eigenvalue weighted by Gasteiger charge is -2.29. The van der Waals surface area contributed by atoms with Crippen molar-refractivity contribution in [3.05, 3.63) is 59.4 Å². The molecule has 186 valence electrons. The van der Waals surface area contributed by atoms with Crippen LogP contribution in [0.2, 0.25) is 0 Å². The van der Waals surface area contributed by atoms with Gasteiger partial charge in [-0.2, -0.15) is 0 Å². The van der Waals surface area contributed by atoms with Gasteiger partial charge in [-0.3, -0.25) is 4.39 Å². The van der Waals surface area contributed by atoms with Crippen molar-refractivity contribution in [2.45, 2.75) is 109 Å². The molecule has 2 aromatic carbocycles. The van der Waals surface area contributed by atoms with Gasteiger partial charge in [0.15, 0.2) is 0 Å². The van der Waals surface area contributed by atoms with Crippen molar-refractivity contribution in [1.82, 2.24) is 0 Å². The van der Waals surface area contributed by atoms with Crippen molar-refractivity contribution < 1.29 is 8.78 Å². The van der Waals surface area contributed by atoms with Gasteiger partial charge in [0.2, 0.25) is 0 Å². The van der Waals surface area contributed by atoms with Crippen LogP contribution in [0.25, 0.3) is 11.1 Å². The molecule has 0 radical (unpaired) electrons. The normalized spacial score (nSPS) is 25.4. The van der Waals surface area contributed by atoms with Gasteiger partial charge in [-0.25, -0.2) is 4.39 Å². The van der Waals surface area contributed by atoms with E-state index in [2.05, 4.69) is 43.3 Å². The summed E-state index contributed by atoms with van der Waals surface area (Å²) in [6, 6.07) is 14.8. The molecule has 0 amide bonds. The van der Waals surface area contributed by atoms with Gasteiger partial charge < -0.3 is 0 Å². The molecule has 0 heterocycles. The highest BCUT2D eigenvalue weighted by Crippen LogP contribution is 2.40. The number of unbranched alkanes of at least 4 members (excludes halogenated alkanes) is 2. The lowest BCUT2D eigenvalue weighted by atomic mass is 9.76. The largest absolute Gasteiger partial charge is 0.251 e. The summed E-state index contributed by atoms with van der Waals surface area (Å²) in [7, 11) is 0. The average Bonchev–Trinajstić information content (AvgIpc) is 2.88. The van der Waals surface area contributed by atoms with Crippen LogP contribution >= 0.6 is 0 Å². The number of alkyl halides is 1. The third kappa shape index (κ3) is 6.70. The van der Waals surface area contributed by atoms with Gasteiger partial charge in [0.1, 0.15) is 5.82 Å². The Morgan fingerprint density at radius 1 is 0.676 bits per heavy atom. The molecule has 0 aromatic heterocycles. The summed E-state index contributed by atoms with van der Waals surface area (Å²) in [4.78, 5) is 0. The van der Waals surface area contributed by atoms with Gasteiger partial charge in [0, 0.05) is 0 Å². The summed E-state index contributed by atoms with van der Waals surface area (Å²) in [5.41, 5.74) is 4.44. The van der Waals surface area contributed by atoms with E-state index in [1.807, 2.05) is 0 Å². The summed E-state index contributed by atoms with van der Waals surface area (Å²) in [6.07, 6.45) is 16.7. The minimum absolute atomic E-state index is 0.0235. The van der Waals surface area contributed by atoms with E-state index in [9.17, 15) is 4.39 Å². The molecular formula is C32H44F2. The molecule has 2 aromatic rings. The van der Waals surface area contributed by atoms with Gasteiger partial charge in [0.05, 0.1) is 6.67 Å². The molecule has 0 N–H and O–H groups in total. The van der Waals surface area contributed by atoms with Crippen LogP contribution in [0.4, 0.5) is 8.78 Å². The second-order valence-corrected chi connectivity index (χ2v) is 11.1. The van der Waals surface area contributed by atoms with Crippen molar-refractivity contribution in [2.24, 2.45) is 11.8 Å². The van der Waals surface area contributed by atoms with E-state index in [1.165, 1.54) is 69.8 Å². The molecule has 0 aliphatic heterocycles. The Bertz CT molecular complexity index is 855. The summed E-state index contributed by atoms with van der Waals surface area (Å²) >= 11 is 0. The number of rotatable bonds is 10. The fourth-order valence-electron chi connectivity index (χ4n) is 6.55. The molecule has 2 aliphatic carbocycles. The SMILES string of the molecule is CCCC[C@H]1CC[C@H](c2ccc(-c3ccc([C@H]4CC[C@H](CCCCF)CC4)cc3)cc2F)CC1. The Kier molecular flexibility index (Phi) is 9.59. The topological polar surface area (TPSA) is 0 Å². The number of hydrogen-bond acceptors (Lipinski definition) is 0. The predicted molar refractivity (Wildman–Crippen MR) is 141 cm³/mol. The Morgan fingerprint density at radius 2 is 1.26 bits per heavy atom.